The molecule has 0 saturated carbocycles. The van der Waals surface area contributed by atoms with Crippen molar-refractivity contribution in [3.63, 3.8) is 0 Å². The van der Waals surface area contributed by atoms with Crippen molar-refractivity contribution >= 4 is 17.7 Å². The Bertz CT molecular complexity index is 884. The van der Waals surface area contributed by atoms with E-state index in [9.17, 15) is 18.8 Å². The molecule has 1 aliphatic heterocycles. The van der Waals surface area contributed by atoms with Crippen molar-refractivity contribution in [3.05, 3.63) is 59.9 Å². The summed E-state index contributed by atoms with van der Waals surface area (Å²) >= 11 is 0. The number of hydrogen-bond donors (Lipinski definition) is 2. The second-order valence-electron chi connectivity index (χ2n) is 6.24. The van der Waals surface area contributed by atoms with Crippen molar-refractivity contribution in [2.24, 2.45) is 0 Å². The van der Waals surface area contributed by atoms with Crippen molar-refractivity contribution in [1.29, 1.82) is 0 Å². The predicted molar refractivity (Wildman–Crippen MR) is 98.4 cm³/mol. The summed E-state index contributed by atoms with van der Waals surface area (Å²) in [5, 5.41) is 5.15. The van der Waals surface area contributed by atoms with Gasteiger partial charge in [0.2, 0.25) is 11.8 Å². The minimum Gasteiger partial charge on any atom is -0.359 e. The molecule has 1 saturated heterocycles. The molecule has 1 heterocycles. The molecule has 0 spiro atoms. The first kappa shape index (κ1) is 18.6. The number of carbonyl (C=O) groups is 3. The topological polar surface area (TPSA) is 78.5 Å². The van der Waals surface area contributed by atoms with E-state index in [4.69, 9.17) is 0 Å². The summed E-state index contributed by atoms with van der Waals surface area (Å²) in [6.07, 6.45) is -0.110. The van der Waals surface area contributed by atoms with Gasteiger partial charge in [-0.2, -0.15) is 0 Å². The van der Waals surface area contributed by atoms with Gasteiger partial charge in [0.05, 0.1) is 6.42 Å². The zero-order chi connectivity index (χ0) is 19.4. The van der Waals surface area contributed by atoms with Gasteiger partial charge in [-0.1, -0.05) is 30.3 Å². The van der Waals surface area contributed by atoms with Crippen LogP contribution in [0.15, 0.2) is 48.5 Å². The van der Waals surface area contributed by atoms with Crippen molar-refractivity contribution in [3.8, 4) is 11.1 Å². The maximum Gasteiger partial charge on any atom is 0.254 e. The lowest BCUT2D eigenvalue weighted by Crippen LogP contribution is -2.58. The highest BCUT2D eigenvalue weighted by Gasteiger charge is 2.35. The molecule has 2 aromatic carbocycles. The number of nitrogens with zero attached hydrogens (tertiary/aromatic N) is 1. The molecule has 27 heavy (non-hydrogen) atoms. The van der Waals surface area contributed by atoms with Crippen LogP contribution in [0.4, 0.5) is 4.39 Å². The summed E-state index contributed by atoms with van der Waals surface area (Å²) in [4.78, 5) is 38.3. The van der Waals surface area contributed by atoms with Crippen molar-refractivity contribution in [2.75, 3.05) is 20.1 Å². The normalized spacial score (nSPS) is 16.6. The van der Waals surface area contributed by atoms with Crippen LogP contribution in [-0.4, -0.2) is 48.8 Å². The molecule has 7 heteroatoms. The van der Waals surface area contributed by atoms with E-state index in [1.165, 1.54) is 18.0 Å². The van der Waals surface area contributed by atoms with Gasteiger partial charge in [0.1, 0.15) is 11.9 Å². The predicted octanol–water partition coefficient (Wildman–Crippen LogP) is 1.57. The summed E-state index contributed by atoms with van der Waals surface area (Å²) in [6.45, 7) is 0.623. The van der Waals surface area contributed by atoms with Gasteiger partial charge in [-0.15, -0.1) is 0 Å². The molecule has 6 nitrogen and oxygen atoms in total. The standard InChI is InChI=1S/C20H20FN3O3/c1-22-18(25)12-17-19(26)23-9-10-24(17)20(27)14-6-4-5-13(11-14)15-7-2-3-8-16(15)21/h2-8,11,17H,9-10,12H2,1H3,(H,22,25)(H,23,26). The SMILES string of the molecule is CNC(=O)CC1C(=O)NCCN1C(=O)c1cccc(-c2ccccc2F)c1. The number of amides is 3. The second kappa shape index (κ2) is 7.99. The van der Waals surface area contributed by atoms with Crippen molar-refractivity contribution in [1.82, 2.24) is 15.5 Å². The number of rotatable bonds is 4. The lowest BCUT2D eigenvalue weighted by atomic mass is 10.0. The van der Waals surface area contributed by atoms with Crippen LogP contribution < -0.4 is 10.6 Å². The van der Waals surface area contributed by atoms with E-state index in [-0.39, 0.29) is 30.0 Å². The van der Waals surface area contributed by atoms with Crippen LogP contribution >= 0.6 is 0 Å². The van der Waals surface area contributed by atoms with E-state index in [0.29, 0.717) is 29.8 Å². The van der Waals surface area contributed by atoms with Crippen LogP contribution in [0.25, 0.3) is 11.1 Å². The number of piperazine rings is 1. The number of benzene rings is 2. The summed E-state index contributed by atoms with van der Waals surface area (Å²) in [5.41, 5.74) is 1.31. The third-order valence-corrected chi connectivity index (χ3v) is 4.54. The highest BCUT2D eigenvalue weighted by molar-refractivity contribution is 6.00. The molecule has 0 radical (unpaired) electrons. The molecule has 2 aromatic rings. The van der Waals surface area contributed by atoms with Gasteiger partial charge in [-0.25, -0.2) is 4.39 Å². The molecular formula is C20H20FN3O3. The highest BCUT2D eigenvalue weighted by Crippen LogP contribution is 2.24. The Balaban J connectivity index is 1.90. The Morgan fingerprint density at radius 2 is 2.00 bits per heavy atom. The number of carbonyl (C=O) groups excluding carboxylic acids is 3. The molecule has 3 rings (SSSR count). The van der Waals surface area contributed by atoms with Gasteiger partial charge in [-0.05, 0) is 23.8 Å². The summed E-state index contributed by atoms with van der Waals surface area (Å²) in [5.74, 6) is -1.42. The average Bonchev–Trinajstić information content (AvgIpc) is 2.69. The molecule has 0 bridgehead atoms. The van der Waals surface area contributed by atoms with Crippen LogP contribution in [0, 0.1) is 5.82 Å². The van der Waals surface area contributed by atoms with E-state index in [0.717, 1.165) is 0 Å². The molecule has 140 valence electrons. The molecule has 1 fully saturated rings. The third kappa shape index (κ3) is 3.97. The Morgan fingerprint density at radius 1 is 1.22 bits per heavy atom. The fraction of sp³-hybridized carbons (Fsp3) is 0.250. The third-order valence-electron chi connectivity index (χ3n) is 4.54. The Labute approximate surface area is 156 Å². The maximum atomic E-state index is 14.1. The Morgan fingerprint density at radius 3 is 2.74 bits per heavy atom. The van der Waals surface area contributed by atoms with Gasteiger partial charge in [-0.3, -0.25) is 14.4 Å². The molecular weight excluding hydrogens is 349 g/mol. The fourth-order valence-electron chi connectivity index (χ4n) is 3.12. The Hall–Kier alpha value is -3.22. The van der Waals surface area contributed by atoms with Crippen molar-refractivity contribution < 1.29 is 18.8 Å². The van der Waals surface area contributed by atoms with Crippen LogP contribution in [0.1, 0.15) is 16.8 Å². The molecule has 1 aliphatic rings. The van der Waals surface area contributed by atoms with Gasteiger partial charge < -0.3 is 15.5 Å². The molecule has 1 unspecified atom stereocenters. The van der Waals surface area contributed by atoms with E-state index in [1.54, 1.807) is 42.5 Å². The first-order chi connectivity index (χ1) is 13.0. The monoisotopic (exact) mass is 369 g/mol. The highest BCUT2D eigenvalue weighted by atomic mass is 19.1. The Kier molecular flexibility index (Phi) is 5.49. The smallest absolute Gasteiger partial charge is 0.254 e. The number of hydrogen-bond acceptors (Lipinski definition) is 3. The van der Waals surface area contributed by atoms with Gasteiger partial charge in [0.25, 0.3) is 5.91 Å². The summed E-state index contributed by atoms with van der Waals surface area (Å²) in [6, 6.07) is 12.1. The lowest BCUT2D eigenvalue weighted by Gasteiger charge is -2.34. The van der Waals surface area contributed by atoms with E-state index in [2.05, 4.69) is 10.6 Å². The van der Waals surface area contributed by atoms with Crippen LogP contribution in [0.5, 0.6) is 0 Å². The van der Waals surface area contributed by atoms with Gasteiger partial charge in [0.15, 0.2) is 0 Å². The van der Waals surface area contributed by atoms with Crippen molar-refractivity contribution in [2.45, 2.75) is 12.5 Å². The molecule has 0 aromatic heterocycles. The zero-order valence-corrected chi connectivity index (χ0v) is 14.9. The molecule has 2 N–H and O–H groups in total. The number of nitrogens with one attached hydrogen (secondary N) is 2. The second-order valence-corrected chi connectivity index (χ2v) is 6.24. The minimum atomic E-state index is -0.872. The first-order valence-corrected chi connectivity index (χ1v) is 8.65. The lowest BCUT2D eigenvalue weighted by molar-refractivity contribution is -0.132. The van der Waals surface area contributed by atoms with Gasteiger partial charge in [0, 0.05) is 31.3 Å². The van der Waals surface area contributed by atoms with E-state index >= 15 is 0 Å². The summed E-state index contributed by atoms with van der Waals surface area (Å²) < 4.78 is 14.1. The zero-order valence-electron chi connectivity index (χ0n) is 14.9. The largest absolute Gasteiger partial charge is 0.359 e. The maximum absolute atomic E-state index is 14.1. The van der Waals surface area contributed by atoms with Crippen LogP contribution in [-0.2, 0) is 9.59 Å². The van der Waals surface area contributed by atoms with E-state index < -0.39 is 6.04 Å². The number of halogens is 1. The minimum absolute atomic E-state index is 0.110. The van der Waals surface area contributed by atoms with Crippen LogP contribution in [0.3, 0.4) is 0 Å². The molecule has 3 amide bonds. The van der Waals surface area contributed by atoms with Crippen LogP contribution in [0.2, 0.25) is 0 Å². The average molecular weight is 369 g/mol. The summed E-state index contributed by atoms with van der Waals surface area (Å²) in [7, 11) is 1.48. The first-order valence-electron chi connectivity index (χ1n) is 8.65. The fourth-order valence-corrected chi connectivity index (χ4v) is 3.12. The molecule has 1 atom stereocenters. The van der Waals surface area contributed by atoms with E-state index in [1.807, 2.05) is 0 Å². The molecule has 0 aliphatic carbocycles. The quantitative estimate of drug-likeness (QED) is 0.859. The van der Waals surface area contributed by atoms with Gasteiger partial charge >= 0.3 is 0 Å².